The van der Waals surface area contributed by atoms with Crippen molar-refractivity contribution in [2.24, 2.45) is 0 Å². The van der Waals surface area contributed by atoms with E-state index in [-0.39, 0.29) is 10.5 Å². The number of amides is 2. The van der Waals surface area contributed by atoms with Crippen molar-refractivity contribution >= 4 is 47.1 Å². The van der Waals surface area contributed by atoms with E-state index in [0.29, 0.717) is 13.1 Å². The maximum atomic E-state index is 11.7. The molecular formula is C20H24N2O2S2. The van der Waals surface area contributed by atoms with Crippen LogP contribution in [0.25, 0.3) is 0 Å². The third-order valence-corrected chi connectivity index (χ3v) is 4.59. The molecule has 0 radical (unpaired) electrons. The van der Waals surface area contributed by atoms with Gasteiger partial charge in [0.2, 0.25) is 0 Å². The van der Waals surface area contributed by atoms with Gasteiger partial charge in [0.1, 0.15) is 0 Å². The number of thiol groups is 2. The van der Waals surface area contributed by atoms with E-state index < -0.39 is 0 Å². The molecule has 4 nitrogen and oxygen atoms in total. The number of unbranched alkanes of at least 4 members (excludes halogenated alkanes) is 3. The second-order valence-electron chi connectivity index (χ2n) is 5.95. The topological polar surface area (TPSA) is 40.6 Å². The van der Waals surface area contributed by atoms with Gasteiger partial charge in [-0.3, -0.25) is 9.59 Å². The molecule has 0 atom stereocenters. The van der Waals surface area contributed by atoms with Crippen molar-refractivity contribution in [3.05, 3.63) is 60.7 Å². The molecule has 0 unspecified atom stereocenters. The summed E-state index contributed by atoms with van der Waals surface area (Å²) in [4.78, 5) is 26.8. The minimum atomic E-state index is -0.243. The van der Waals surface area contributed by atoms with E-state index in [4.69, 9.17) is 0 Å². The molecule has 0 fully saturated rings. The van der Waals surface area contributed by atoms with Gasteiger partial charge in [0.25, 0.3) is 10.5 Å². The molecule has 2 aromatic rings. The van der Waals surface area contributed by atoms with Gasteiger partial charge >= 0.3 is 0 Å². The molecule has 0 N–H and O–H groups in total. The van der Waals surface area contributed by atoms with E-state index in [1.165, 1.54) is 0 Å². The van der Waals surface area contributed by atoms with E-state index in [9.17, 15) is 9.59 Å². The Bertz CT molecular complexity index is 634. The van der Waals surface area contributed by atoms with Crippen LogP contribution in [0, 0.1) is 0 Å². The predicted molar refractivity (Wildman–Crippen MR) is 115 cm³/mol. The minimum absolute atomic E-state index is 0.243. The molecular weight excluding hydrogens is 364 g/mol. The number of rotatable bonds is 9. The molecule has 0 bridgehead atoms. The summed E-state index contributed by atoms with van der Waals surface area (Å²) in [6.07, 6.45) is 3.74. The summed E-state index contributed by atoms with van der Waals surface area (Å²) in [5.74, 6) is 0. The largest absolute Gasteiger partial charge is 0.304 e. The highest BCUT2D eigenvalue weighted by atomic mass is 32.1. The average Bonchev–Trinajstić information content (AvgIpc) is 2.65. The van der Waals surface area contributed by atoms with Crippen LogP contribution in [0.15, 0.2) is 60.7 Å². The summed E-state index contributed by atoms with van der Waals surface area (Å²) in [7, 11) is 0. The van der Waals surface area contributed by atoms with E-state index in [0.717, 1.165) is 37.1 Å². The van der Waals surface area contributed by atoms with Crippen molar-refractivity contribution in [1.29, 1.82) is 0 Å². The Hall–Kier alpha value is -1.92. The standard InChI is InChI=1S/C20H24N2O2S2/c23-19(25)21(17-11-5-3-6-12-17)15-9-1-2-10-16-22(20(24)26)18-13-7-4-8-14-18/h3-8,11-14H,1-2,9-10,15-16H2,(H,23,25)(H,24,26). The smallest absolute Gasteiger partial charge is 0.282 e. The second kappa shape index (κ2) is 10.9. The lowest BCUT2D eigenvalue weighted by Crippen LogP contribution is -2.27. The Morgan fingerprint density at radius 2 is 0.962 bits per heavy atom. The normalized spacial score (nSPS) is 10.4. The fraction of sp³-hybridized carbons (Fsp3) is 0.300. The molecule has 2 rings (SSSR count). The predicted octanol–water partition coefficient (Wildman–Crippen LogP) is 5.66. The fourth-order valence-corrected chi connectivity index (χ4v) is 3.21. The second-order valence-corrected chi connectivity index (χ2v) is 6.72. The first-order valence-corrected chi connectivity index (χ1v) is 9.60. The summed E-state index contributed by atoms with van der Waals surface area (Å²) >= 11 is 7.94. The van der Waals surface area contributed by atoms with Gasteiger partial charge in [-0.25, -0.2) is 0 Å². The summed E-state index contributed by atoms with van der Waals surface area (Å²) in [6.45, 7) is 1.28. The summed E-state index contributed by atoms with van der Waals surface area (Å²) in [5.41, 5.74) is 1.73. The van der Waals surface area contributed by atoms with E-state index >= 15 is 0 Å². The van der Waals surface area contributed by atoms with Crippen molar-refractivity contribution in [2.75, 3.05) is 22.9 Å². The van der Waals surface area contributed by atoms with Crippen LogP contribution in [0.1, 0.15) is 25.7 Å². The quantitative estimate of drug-likeness (QED) is 0.430. The maximum absolute atomic E-state index is 11.7. The molecule has 0 saturated carbocycles. The van der Waals surface area contributed by atoms with Gasteiger partial charge in [0, 0.05) is 24.5 Å². The van der Waals surface area contributed by atoms with Crippen molar-refractivity contribution in [2.45, 2.75) is 25.7 Å². The van der Waals surface area contributed by atoms with Crippen molar-refractivity contribution in [1.82, 2.24) is 0 Å². The molecule has 6 heteroatoms. The molecule has 0 aromatic heterocycles. The Kier molecular flexibility index (Phi) is 8.58. The third kappa shape index (κ3) is 6.42. The molecule has 26 heavy (non-hydrogen) atoms. The zero-order valence-electron chi connectivity index (χ0n) is 14.6. The summed E-state index contributed by atoms with van der Waals surface area (Å²) in [5, 5.41) is -0.487. The zero-order valence-corrected chi connectivity index (χ0v) is 16.4. The first kappa shape index (κ1) is 20.4. The number of para-hydroxylation sites is 2. The van der Waals surface area contributed by atoms with E-state index in [1.807, 2.05) is 60.7 Å². The molecule has 0 aliphatic heterocycles. The highest BCUT2D eigenvalue weighted by molar-refractivity contribution is 7.97. The molecule has 0 spiro atoms. The van der Waals surface area contributed by atoms with Gasteiger partial charge in [0.05, 0.1) is 0 Å². The van der Waals surface area contributed by atoms with Crippen LogP contribution in [0.3, 0.4) is 0 Å². The number of anilines is 2. The first-order valence-electron chi connectivity index (χ1n) is 8.70. The SMILES string of the molecule is O=C(S)N(CCCCCCN(C(=O)S)c1ccccc1)c1ccccc1. The fourth-order valence-electron chi connectivity index (χ4n) is 2.78. The van der Waals surface area contributed by atoms with Crippen LogP contribution in [-0.4, -0.2) is 23.6 Å². The Balaban J connectivity index is 1.74. The molecule has 2 aromatic carbocycles. The zero-order chi connectivity index (χ0) is 18.8. The lowest BCUT2D eigenvalue weighted by molar-refractivity contribution is 0.264. The number of benzene rings is 2. The van der Waals surface area contributed by atoms with Gasteiger partial charge in [-0.1, -0.05) is 74.5 Å². The number of nitrogens with zero attached hydrogens (tertiary/aromatic N) is 2. The van der Waals surface area contributed by atoms with Crippen LogP contribution in [0.5, 0.6) is 0 Å². The highest BCUT2D eigenvalue weighted by Crippen LogP contribution is 2.18. The van der Waals surface area contributed by atoms with Gasteiger partial charge in [-0.15, -0.1) is 0 Å². The lowest BCUT2D eigenvalue weighted by Gasteiger charge is -2.21. The maximum Gasteiger partial charge on any atom is 0.282 e. The minimum Gasteiger partial charge on any atom is -0.304 e. The highest BCUT2D eigenvalue weighted by Gasteiger charge is 2.12. The molecule has 0 heterocycles. The van der Waals surface area contributed by atoms with Crippen molar-refractivity contribution < 1.29 is 9.59 Å². The average molecular weight is 389 g/mol. The molecule has 0 saturated heterocycles. The van der Waals surface area contributed by atoms with Gasteiger partial charge in [0.15, 0.2) is 0 Å². The van der Waals surface area contributed by atoms with E-state index in [1.54, 1.807) is 9.80 Å². The molecule has 138 valence electrons. The summed E-state index contributed by atoms with van der Waals surface area (Å²) < 4.78 is 0. The van der Waals surface area contributed by atoms with Crippen LogP contribution >= 0.6 is 25.3 Å². The number of hydrogen-bond acceptors (Lipinski definition) is 2. The van der Waals surface area contributed by atoms with Crippen LogP contribution in [0.4, 0.5) is 21.0 Å². The monoisotopic (exact) mass is 388 g/mol. The first-order chi connectivity index (χ1) is 12.6. The van der Waals surface area contributed by atoms with Crippen LogP contribution < -0.4 is 9.80 Å². The Morgan fingerprint density at radius 1 is 0.615 bits per heavy atom. The van der Waals surface area contributed by atoms with Crippen LogP contribution in [0.2, 0.25) is 0 Å². The number of carbonyl (C=O) groups is 2. The van der Waals surface area contributed by atoms with Crippen LogP contribution in [-0.2, 0) is 0 Å². The van der Waals surface area contributed by atoms with Gasteiger partial charge in [-0.2, -0.15) is 0 Å². The molecule has 2 amide bonds. The van der Waals surface area contributed by atoms with Crippen molar-refractivity contribution in [3.8, 4) is 0 Å². The molecule has 0 aliphatic rings. The summed E-state index contributed by atoms with van der Waals surface area (Å²) in [6, 6.07) is 19.1. The van der Waals surface area contributed by atoms with Gasteiger partial charge in [-0.05, 0) is 37.1 Å². The third-order valence-electron chi connectivity index (χ3n) is 4.11. The number of carbonyl (C=O) groups excluding carboxylic acids is 2. The number of hydrogen-bond donors (Lipinski definition) is 2. The Labute approximate surface area is 166 Å². The lowest BCUT2D eigenvalue weighted by atomic mass is 10.1. The van der Waals surface area contributed by atoms with Gasteiger partial charge < -0.3 is 9.80 Å². The Morgan fingerprint density at radius 3 is 1.27 bits per heavy atom. The van der Waals surface area contributed by atoms with E-state index in [2.05, 4.69) is 25.3 Å². The molecule has 0 aliphatic carbocycles. The van der Waals surface area contributed by atoms with Crippen molar-refractivity contribution in [3.63, 3.8) is 0 Å².